The first kappa shape index (κ1) is 11.6. The molecule has 0 spiro atoms. The Bertz CT molecular complexity index is 376. The van der Waals surface area contributed by atoms with Crippen LogP contribution in [0.25, 0.3) is 0 Å². The Balaban J connectivity index is 1.48. The van der Waals surface area contributed by atoms with E-state index in [0.717, 1.165) is 28.9 Å². The van der Waals surface area contributed by atoms with E-state index in [1.165, 1.54) is 31.2 Å². The standard InChI is InChI=1S/C15H20ClN/c1-10(11-2-3-11)17-15-8-13(9-15)12-4-6-14(16)7-5-12/h4-7,10-11,13,15,17H,2-3,8-9H2,1H3. The Morgan fingerprint density at radius 2 is 1.82 bits per heavy atom. The number of hydrogen-bond acceptors (Lipinski definition) is 1. The van der Waals surface area contributed by atoms with Gasteiger partial charge in [-0.3, -0.25) is 0 Å². The third kappa shape index (κ3) is 2.66. The van der Waals surface area contributed by atoms with Crippen LogP contribution in [0.15, 0.2) is 24.3 Å². The highest BCUT2D eigenvalue weighted by molar-refractivity contribution is 6.30. The van der Waals surface area contributed by atoms with Crippen molar-refractivity contribution >= 4 is 11.6 Å². The third-order valence-electron chi connectivity index (χ3n) is 4.31. The average Bonchev–Trinajstić information content (AvgIpc) is 3.08. The first-order chi connectivity index (χ1) is 8.22. The van der Waals surface area contributed by atoms with E-state index in [4.69, 9.17) is 11.6 Å². The van der Waals surface area contributed by atoms with Gasteiger partial charge in [0.2, 0.25) is 0 Å². The van der Waals surface area contributed by atoms with Crippen LogP contribution in [0, 0.1) is 5.92 Å². The zero-order valence-electron chi connectivity index (χ0n) is 10.3. The second kappa shape index (κ2) is 4.62. The minimum Gasteiger partial charge on any atom is -0.311 e. The lowest BCUT2D eigenvalue weighted by atomic mass is 9.75. The molecule has 92 valence electrons. The maximum atomic E-state index is 5.90. The van der Waals surface area contributed by atoms with Crippen molar-refractivity contribution in [3.05, 3.63) is 34.9 Å². The molecule has 2 aliphatic rings. The summed E-state index contributed by atoms with van der Waals surface area (Å²) < 4.78 is 0. The van der Waals surface area contributed by atoms with Gasteiger partial charge in [-0.2, -0.15) is 0 Å². The monoisotopic (exact) mass is 249 g/mol. The molecule has 0 radical (unpaired) electrons. The van der Waals surface area contributed by atoms with E-state index >= 15 is 0 Å². The van der Waals surface area contributed by atoms with Crippen LogP contribution in [0.5, 0.6) is 0 Å². The van der Waals surface area contributed by atoms with Crippen molar-refractivity contribution < 1.29 is 0 Å². The van der Waals surface area contributed by atoms with E-state index in [2.05, 4.69) is 24.4 Å². The predicted octanol–water partition coefficient (Wildman–Crippen LogP) is 3.97. The summed E-state index contributed by atoms with van der Waals surface area (Å²) >= 11 is 5.90. The van der Waals surface area contributed by atoms with Crippen molar-refractivity contribution in [2.75, 3.05) is 0 Å². The highest BCUT2D eigenvalue weighted by atomic mass is 35.5. The van der Waals surface area contributed by atoms with Crippen molar-refractivity contribution in [1.29, 1.82) is 0 Å². The Labute approximate surface area is 109 Å². The van der Waals surface area contributed by atoms with Crippen LogP contribution in [-0.2, 0) is 0 Å². The molecule has 0 aliphatic heterocycles. The van der Waals surface area contributed by atoms with Gasteiger partial charge in [0.15, 0.2) is 0 Å². The van der Waals surface area contributed by atoms with Crippen LogP contribution < -0.4 is 5.32 Å². The molecule has 2 heteroatoms. The average molecular weight is 250 g/mol. The maximum absolute atomic E-state index is 5.90. The van der Waals surface area contributed by atoms with E-state index in [-0.39, 0.29) is 0 Å². The highest BCUT2D eigenvalue weighted by Gasteiger charge is 2.34. The van der Waals surface area contributed by atoms with Crippen molar-refractivity contribution in [1.82, 2.24) is 5.32 Å². The summed E-state index contributed by atoms with van der Waals surface area (Å²) in [7, 11) is 0. The second-order valence-electron chi connectivity index (χ2n) is 5.71. The molecule has 1 nitrogen and oxygen atoms in total. The van der Waals surface area contributed by atoms with Gasteiger partial charge in [-0.15, -0.1) is 0 Å². The molecule has 1 aromatic carbocycles. The minimum atomic E-state index is 0.728. The Hall–Kier alpha value is -0.530. The van der Waals surface area contributed by atoms with Gasteiger partial charge in [-0.05, 0) is 62.1 Å². The van der Waals surface area contributed by atoms with Crippen LogP contribution in [-0.4, -0.2) is 12.1 Å². The number of benzene rings is 1. The molecule has 17 heavy (non-hydrogen) atoms. The minimum absolute atomic E-state index is 0.728. The summed E-state index contributed by atoms with van der Waals surface area (Å²) in [6, 6.07) is 9.83. The van der Waals surface area contributed by atoms with Crippen LogP contribution in [0.2, 0.25) is 5.02 Å². The maximum Gasteiger partial charge on any atom is 0.0406 e. The van der Waals surface area contributed by atoms with Gasteiger partial charge in [-0.25, -0.2) is 0 Å². The number of rotatable bonds is 4. The van der Waals surface area contributed by atoms with Crippen LogP contribution in [0.1, 0.15) is 44.1 Å². The van der Waals surface area contributed by atoms with E-state index in [1.54, 1.807) is 0 Å². The molecule has 1 aromatic rings. The Morgan fingerprint density at radius 1 is 1.18 bits per heavy atom. The zero-order valence-corrected chi connectivity index (χ0v) is 11.1. The van der Waals surface area contributed by atoms with Gasteiger partial charge in [0.25, 0.3) is 0 Å². The van der Waals surface area contributed by atoms with Gasteiger partial charge in [0.1, 0.15) is 0 Å². The summed E-state index contributed by atoms with van der Waals surface area (Å²) in [4.78, 5) is 0. The normalized spacial score (nSPS) is 29.8. The fourth-order valence-electron chi connectivity index (χ4n) is 2.87. The van der Waals surface area contributed by atoms with Crippen LogP contribution in [0.4, 0.5) is 0 Å². The molecule has 2 aliphatic carbocycles. The van der Waals surface area contributed by atoms with Gasteiger partial charge < -0.3 is 5.32 Å². The molecule has 0 aromatic heterocycles. The molecule has 0 saturated heterocycles. The molecule has 1 unspecified atom stereocenters. The fourth-order valence-corrected chi connectivity index (χ4v) is 2.99. The molecule has 2 fully saturated rings. The Morgan fingerprint density at radius 3 is 2.41 bits per heavy atom. The van der Waals surface area contributed by atoms with Gasteiger partial charge >= 0.3 is 0 Å². The van der Waals surface area contributed by atoms with E-state index in [0.29, 0.717) is 0 Å². The van der Waals surface area contributed by atoms with E-state index in [1.807, 2.05) is 12.1 Å². The summed E-state index contributed by atoms with van der Waals surface area (Å²) in [5.74, 6) is 1.71. The molecule has 1 atom stereocenters. The smallest absolute Gasteiger partial charge is 0.0406 e. The second-order valence-corrected chi connectivity index (χ2v) is 6.15. The van der Waals surface area contributed by atoms with Crippen LogP contribution in [0.3, 0.4) is 0 Å². The molecule has 2 saturated carbocycles. The largest absolute Gasteiger partial charge is 0.311 e. The molecular weight excluding hydrogens is 230 g/mol. The summed E-state index contributed by atoms with van der Waals surface area (Å²) in [5, 5.41) is 4.60. The van der Waals surface area contributed by atoms with Gasteiger partial charge in [0, 0.05) is 17.1 Å². The molecule has 3 rings (SSSR count). The van der Waals surface area contributed by atoms with Crippen molar-refractivity contribution in [3.8, 4) is 0 Å². The number of nitrogens with one attached hydrogen (secondary N) is 1. The lowest BCUT2D eigenvalue weighted by molar-refractivity contribution is 0.261. The molecule has 0 amide bonds. The first-order valence-electron chi connectivity index (χ1n) is 6.74. The molecule has 0 bridgehead atoms. The summed E-state index contributed by atoms with van der Waals surface area (Å²) in [6.45, 7) is 2.34. The molecule has 1 N–H and O–H groups in total. The molecule has 0 heterocycles. The van der Waals surface area contributed by atoms with Crippen molar-refractivity contribution in [3.63, 3.8) is 0 Å². The van der Waals surface area contributed by atoms with E-state index in [9.17, 15) is 0 Å². The van der Waals surface area contributed by atoms with E-state index < -0.39 is 0 Å². The topological polar surface area (TPSA) is 12.0 Å². The lowest BCUT2D eigenvalue weighted by Crippen LogP contribution is -2.45. The zero-order chi connectivity index (χ0) is 11.8. The van der Waals surface area contributed by atoms with Gasteiger partial charge in [-0.1, -0.05) is 23.7 Å². The highest BCUT2D eigenvalue weighted by Crippen LogP contribution is 2.39. The summed E-state index contributed by atoms with van der Waals surface area (Å²) in [6.07, 6.45) is 5.44. The number of halogens is 1. The van der Waals surface area contributed by atoms with Crippen molar-refractivity contribution in [2.24, 2.45) is 5.92 Å². The van der Waals surface area contributed by atoms with Gasteiger partial charge in [0.05, 0.1) is 0 Å². The predicted molar refractivity (Wildman–Crippen MR) is 72.5 cm³/mol. The quantitative estimate of drug-likeness (QED) is 0.851. The fraction of sp³-hybridized carbons (Fsp3) is 0.600. The first-order valence-corrected chi connectivity index (χ1v) is 7.11. The summed E-state index contributed by atoms with van der Waals surface area (Å²) in [5.41, 5.74) is 1.45. The Kier molecular flexibility index (Phi) is 3.14. The van der Waals surface area contributed by atoms with Crippen molar-refractivity contribution in [2.45, 2.75) is 50.6 Å². The SMILES string of the molecule is CC(NC1CC(c2ccc(Cl)cc2)C1)C1CC1. The lowest BCUT2D eigenvalue weighted by Gasteiger charge is -2.38. The third-order valence-corrected chi connectivity index (χ3v) is 4.56. The van der Waals surface area contributed by atoms with Crippen LogP contribution >= 0.6 is 11.6 Å². The number of hydrogen-bond donors (Lipinski definition) is 1. The molecular formula is C15H20ClN.